The van der Waals surface area contributed by atoms with Gasteiger partial charge < -0.3 is 10.6 Å². The highest BCUT2D eigenvalue weighted by molar-refractivity contribution is 6.31. The van der Waals surface area contributed by atoms with Crippen LogP contribution in [-0.4, -0.2) is 18.8 Å². The first kappa shape index (κ1) is 14.5. The monoisotopic (exact) mass is 268 g/mol. The van der Waals surface area contributed by atoms with Gasteiger partial charge in [0.2, 0.25) is 5.90 Å². The van der Waals surface area contributed by atoms with Gasteiger partial charge in [-0.25, -0.2) is 0 Å². The van der Waals surface area contributed by atoms with E-state index in [1.807, 2.05) is 30.3 Å². The van der Waals surface area contributed by atoms with Gasteiger partial charge in [0.05, 0.1) is 7.11 Å². The quantitative estimate of drug-likeness (QED) is 0.284. The summed E-state index contributed by atoms with van der Waals surface area (Å²) in [4.78, 5) is 11.9. The summed E-state index contributed by atoms with van der Waals surface area (Å²) < 4.78 is 4.91. The average Bonchev–Trinajstić information content (AvgIpc) is 2.43. The van der Waals surface area contributed by atoms with Crippen molar-refractivity contribution in [2.45, 2.75) is 24.6 Å². The minimum absolute atomic E-state index is 0.00431. The molecule has 1 unspecified atom stereocenters. The summed E-state index contributed by atoms with van der Waals surface area (Å²) in [6.45, 7) is 0. The van der Waals surface area contributed by atoms with E-state index >= 15 is 0 Å². The van der Waals surface area contributed by atoms with E-state index in [1.54, 1.807) is 0 Å². The van der Waals surface area contributed by atoms with Gasteiger partial charge in [-0.3, -0.25) is 4.79 Å². The Bertz CT molecular complexity index is 407. The molecule has 0 radical (unpaired) electrons. The number of carbonyl (C=O) groups excluding carboxylic acids is 1. The fourth-order valence-corrected chi connectivity index (χ4v) is 1.82. The lowest BCUT2D eigenvalue weighted by Crippen LogP contribution is -2.09. The van der Waals surface area contributed by atoms with Crippen LogP contribution >= 0.6 is 11.6 Å². The van der Waals surface area contributed by atoms with Crippen molar-refractivity contribution in [1.29, 1.82) is 0 Å². The molecule has 2 N–H and O–H groups in total. The van der Waals surface area contributed by atoms with Gasteiger partial charge >= 0.3 is 0 Å². The lowest BCUT2D eigenvalue weighted by atomic mass is 10.0. The Hall–Kier alpha value is -1.55. The first-order chi connectivity index (χ1) is 8.69. The van der Waals surface area contributed by atoms with E-state index in [0.29, 0.717) is 25.2 Å². The maximum atomic E-state index is 11.9. The van der Waals surface area contributed by atoms with E-state index < -0.39 is 5.38 Å². The number of hydrogen-bond acceptors (Lipinski definition) is 4. The van der Waals surface area contributed by atoms with Crippen LogP contribution in [-0.2, 0) is 9.53 Å². The number of methoxy groups -OCH3 is 1. The second kappa shape index (κ2) is 7.71. The van der Waals surface area contributed by atoms with Gasteiger partial charge in [0, 0.05) is 12.8 Å². The van der Waals surface area contributed by atoms with Crippen LogP contribution in [0.4, 0.5) is 0 Å². The number of hydrazone groups is 1. The van der Waals surface area contributed by atoms with Crippen LogP contribution in [0, 0.1) is 0 Å². The van der Waals surface area contributed by atoms with Crippen molar-refractivity contribution in [3.63, 3.8) is 0 Å². The van der Waals surface area contributed by atoms with E-state index in [9.17, 15) is 4.79 Å². The second-order valence-corrected chi connectivity index (χ2v) is 4.26. The molecule has 0 amide bonds. The summed E-state index contributed by atoms with van der Waals surface area (Å²) in [7, 11) is 1.50. The SMILES string of the molecule is COC(CCCC(=O)C(Cl)c1ccccc1)=NN. The zero-order valence-corrected chi connectivity index (χ0v) is 11.1. The number of hydrogen-bond donors (Lipinski definition) is 1. The number of ketones is 1. The van der Waals surface area contributed by atoms with Crippen molar-refractivity contribution in [3.05, 3.63) is 35.9 Å². The van der Waals surface area contributed by atoms with E-state index in [2.05, 4.69) is 5.10 Å². The minimum atomic E-state index is -0.591. The number of ether oxygens (including phenoxy) is 1. The van der Waals surface area contributed by atoms with E-state index in [0.717, 1.165) is 5.56 Å². The van der Waals surface area contributed by atoms with Gasteiger partial charge in [-0.15, -0.1) is 16.7 Å². The number of nitrogens with zero attached hydrogens (tertiary/aromatic N) is 1. The maximum absolute atomic E-state index is 11.9. The Kier molecular flexibility index (Phi) is 6.22. The highest BCUT2D eigenvalue weighted by Crippen LogP contribution is 2.23. The summed E-state index contributed by atoms with van der Waals surface area (Å²) in [6, 6.07) is 9.30. The molecule has 0 aliphatic heterocycles. The minimum Gasteiger partial charge on any atom is -0.483 e. The molecule has 1 atom stereocenters. The molecule has 18 heavy (non-hydrogen) atoms. The molecule has 5 heteroatoms. The highest BCUT2D eigenvalue weighted by Gasteiger charge is 2.16. The molecule has 0 saturated heterocycles. The van der Waals surface area contributed by atoms with Crippen molar-refractivity contribution in [1.82, 2.24) is 0 Å². The number of halogens is 1. The van der Waals surface area contributed by atoms with Crippen LogP contribution < -0.4 is 5.84 Å². The Labute approximate surface area is 112 Å². The van der Waals surface area contributed by atoms with Crippen LogP contribution in [0.2, 0.25) is 0 Å². The third-order valence-corrected chi connectivity index (χ3v) is 3.06. The molecule has 0 spiro atoms. The number of nitrogens with two attached hydrogens (primary N) is 1. The molecule has 0 bridgehead atoms. The molecule has 0 aliphatic rings. The normalized spacial score (nSPS) is 13.1. The predicted molar refractivity (Wildman–Crippen MR) is 72.5 cm³/mol. The molecule has 98 valence electrons. The van der Waals surface area contributed by atoms with Crippen LogP contribution in [0.3, 0.4) is 0 Å². The Morgan fingerprint density at radius 1 is 1.39 bits per heavy atom. The molecule has 1 aromatic rings. The van der Waals surface area contributed by atoms with Gasteiger partial charge in [-0.1, -0.05) is 30.3 Å². The number of Topliss-reactive ketones (excluding diaryl/α,β-unsaturated/α-hetero) is 1. The largest absolute Gasteiger partial charge is 0.483 e. The first-order valence-corrected chi connectivity index (χ1v) is 6.15. The number of alkyl halides is 1. The summed E-state index contributed by atoms with van der Waals surface area (Å²) in [5, 5.41) is 2.87. The summed E-state index contributed by atoms with van der Waals surface area (Å²) in [6.07, 6.45) is 1.54. The van der Waals surface area contributed by atoms with Gasteiger partial charge in [-0.05, 0) is 12.0 Å². The van der Waals surface area contributed by atoms with Crippen LogP contribution in [0.25, 0.3) is 0 Å². The molecular weight excluding hydrogens is 252 g/mol. The lowest BCUT2D eigenvalue weighted by molar-refractivity contribution is -0.118. The fourth-order valence-electron chi connectivity index (χ4n) is 1.57. The average molecular weight is 269 g/mol. The zero-order chi connectivity index (χ0) is 13.4. The van der Waals surface area contributed by atoms with Crippen LogP contribution in [0.5, 0.6) is 0 Å². The summed E-state index contributed by atoms with van der Waals surface area (Å²) in [5.74, 6) is 5.54. The molecule has 1 rings (SSSR count). The van der Waals surface area contributed by atoms with Gasteiger partial charge in [0.25, 0.3) is 0 Å². The van der Waals surface area contributed by atoms with Crippen LogP contribution in [0.1, 0.15) is 30.2 Å². The predicted octanol–water partition coefficient (Wildman–Crippen LogP) is 2.62. The fraction of sp³-hybridized carbons (Fsp3) is 0.385. The Morgan fingerprint density at radius 2 is 2.06 bits per heavy atom. The molecule has 0 fully saturated rings. The van der Waals surface area contributed by atoms with Crippen molar-refractivity contribution in [2.75, 3.05) is 7.11 Å². The van der Waals surface area contributed by atoms with E-state index in [1.165, 1.54) is 7.11 Å². The summed E-state index contributed by atoms with van der Waals surface area (Å²) in [5.41, 5.74) is 0.823. The second-order valence-electron chi connectivity index (χ2n) is 3.82. The topological polar surface area (TPSA) is 64.7 Å². The number of benzene rings is 1. The number of carbonyl (C=O) groups is 1. The first-order valence-electron chi connectivity index (χ1n) is 5.71. The third-order valence-electron chi connectivity index (χ3n) is 2.57. The van der Waals surface area contributed by atoms with E-state index in [4.69, 9.17) is 22.2 Å². The molecule has 0 saturated carbocycles. The van der Waals surface area contributed by atoms with Gasteiger partial charge in [-0.2, -0.15) is 0 Å². The molecule has 0 aliphatic carbocycles. The van der Waals surface area contributed by atoms with Crippen LogP contribution in [0.15, 0.2) is 35.4 Å². The van der Waals surface area contributed by atoms with E-state index in [-0.39, 0.29) is 5.78 Å². The molecular formula is C13H17ClN2O2. The van der Waals surface area contributed by atoms with Gasteiger partial charge in [0.15, 0.2) is 5.78 Å². The highest BCUT2D eigenvalue weighted by atomic mass is 35.5. The molecule has 1 aromatic carbocycles. The maximum Gasteiger partial charge on any atom is 0.205 e. The number of rotatable bonds is 6. The smallest absolute Gasteiger partial charge is 0.205 e. The summed E-state index contributed by atoms with van der Waals surface area (Å²) >= 11 is 6.10. The molecule has 0 aromatic heterocycles. The van der Waals surface area contributed by atoms with Crippen molar-refractivity contribution < 1.29 is 9.53 Å². The van der Waals surface area contributed by atoms with Crippen molar-refractivity contribution in [2.24, 2.45) is 10.9 Å². The van der Waals surface area contributed by atoms with Gasteiger partial charge in [0.1, 0.15) is 5.38 Å². The van der Waals surface area contributed by atoms with Crippen molar-refractivity contribution >= 4 is 23.3 Å². The molecule has 0 heterocycles. The zero-order valence-electron chi connectivity index (χ0n) is 10.3. The Balaban J connectivity index is 2.42. The standard InChI is InChI=1S/C13H17ClN2O2/c1-18-12(16-15)9-5-8-11(17)13(14)10-6-3-2-4-7-10/h2-4,6-7,13H,5,8-9,15H2,1H3. The molecule has 4 nitrogen and oxygen atoms in total. The third kappa shape index (κ3) is 4.37. The Morgan fingerprint density at radius 3 is 2.61 bits per heavy atom. The lowest BCUT2D eigenvalue weighted by Gasteiger charge is -2.08. The van der Waals surface area contributed by atoms with Crippen molar-refractivity contribution in [3.8, 4) is 0 Å².